The maximum atomic E-state index is 5.86. The van der Waals surface area contributed by atoms with Gasteiger partial charge in [0.1, 0.15) is 5.82 Å². The van der Waals surface area contributed by atoms with Gasteiger partial charge in [-0.3, -0.25) is 0 Å². The second-order valence-corrected chi connectivity index (χ2v) is 4.66. The van der Waals surface area contributed by atoms with Gasteiger partial charge in [0.25, 0.3) is 0 Å². The Hall–Kier alpha value is -1.13. The van der Waals surface area contributed by atoms with Crippen LogP contribution in [0, 0.1) is 6.92 Å². The van der Waals surface area contributed by atoms with Gasteiger partial charge >= 0.3 is 0 Å². The SMILES string of the molecule is COC1CCN(c2cc(C)ccn2)C(CN)C1. The molecule has 0 spiro atoms. The van der Waals surface area contributed by atoms with Crippen molar-refractivity contribution in [3.05, 3.63) is 23.9 Å². The van der Waals surface area contributed by atoms with Crippen LogP contribution in [0.3, 0.4) is 0 Å². The Bertz CT molecular complexity index is 369. The lowest BCUT2D eigenvalue weighted by Crippen LogP contribution is -2.49. The fraction of sp³-hybridized carbons (Fsp3) is 0.615. The molecule has 94 valence electrons. The van der Waals surface area contributed by atoms with E-state index in [4.69, 9.17) is 10.5 Å². The monoisotopic (exact) mass is 235 g/mol. The fourth-order valence-electron chi connectivity index (χ4n) is 2.43. The van der Waals surface area contributed by atoms with Crippen molar-refractivity contribution in [2.75, 3.05) is 25.1 Å². The highest BCUT2D eigenvalue weighted by atomic mass is 16.5. The first kappa shape index (κ1) is 12.3. The van der Waals surface area contributed by atoms with E-state index in [1.54, 1.807) is 7.11 Å². The molecule has 1 aromatic rings. The van der Waals surface area contributed by atoms with Crippen molar-refractivity contribution in [2.45, 2.75) is 31.9 Å². The molecule has 2 rings (SSSR count). The molecule has 0 bridgehead atoms. The number of piperidine rings is 1. The normalized spacial score (nSPS) is 25.0. The highest BCUT2D eigenvalue weighted by Crippen LogP contribution is 2.24. The van der Waals surface area contributed by atoms with Gasteiger partial charge < -0.3 is 15.4 Å². The Morgan fingerprint density at radius 2 is 2.41 bits per heavy atom. The molecule has 0 aliphatic carbocycles. The molecule has 1 fully saturated rings. The number of nitrogens with two attached hydrogens (primary N) is 1. The van der Waals surface area contributed by atoms with E-state index in [1.165, 1.54) is 5.56 Å². The number of hydrogen-bond donors (Lipinski definition) is 1. The molecule has 4 nitrogen and oxygen atoms in total. The first-order valence-corrected chi connectivity index (χ1v) is 6.16. The van der Waals surface area contributed by atoms with Crippen LogP contribution in [0.1, 0.15) is 18.4 Å². The van der Waals surface area contributed by atoms with E-state index in [1.807, 2.05) is 12.3 Å². The number of nitrogens with zero attached hydrogens (tertiary/aromatic N) is 2. The minimum atomic E-state index is 0.336. The third-order valence-corrected chi connectivity index (χ3v) is 3.47. The van der Waals surface area contributed by atoms with Gasteiger partial charge in [-0.1, -0.05) is 0 Å². The smallest absolute Gasteiger partial charge is 0.129 e. The molecule has 0 radical (unpaired) electrons. The summed E-state index contributed by atoms with van der Waals surface area (Å²) < 4.78 is 5.43. The van der Waals surface area contributed by atoms with Crippen LogP contribution >= 0.6 is 0 Å². The summed E-state index contributed by atoms with van der Waals surface area (Å²) in [5.41, 5.74) is 7.10. The van der Waals surface area contributed by atoms with Crippen LogP contribution in [0.5, 0.6) is 0 Å². The maximum Gasteiger partial charge on any atom is 0.129 e. The number of ether oxygens (including phenoxy) is 1. The predicted octanol–water partition coefficient (Wildman–Crippen LogP) is 1.33. The number of methoxy groups -OCH3 is 1. The summed E-state index contributed by atoms with van der Waals surface area (Å²) in [5.74, 6) is 1.04. The number of hydrogen-bond acceptors (Lipinski definition) is 4. The van der Waals surface area contributed by atoms with E-state index in [0.717, 1.165) is 25.2 Å². The van der Waals surface area contributed by atoms with E-state index in [-0.39, 0.29) is 0 Å². The number of aromatic nitrogens is 1. The third kappa shape index (κ3) is 2.76. The summed E-state index contributed by atoms with van der Waals surface area (Å²) >= 11 is 0. The Morgan fingerprint density at radius 1 is 1.59 bits per heavy atom. The van der Waals surface area contributed by atoms with Crippen LogP contribution in [0.25, 0.3) is 0 Å². The van der Waals surface area contributed by atoms with Crippen molar-refractivity contribution in [2.24, 2.45) is 5.73 Å². The summed E-state index contributed by atoms with van der Waals surface area (Å²) in [6, 6.07) is 4.47. The van der Waals surface area contributed by atoms with Gasteiger partial charge in [0.15, 0.2) is 0 Å². The zero-order chi connectivity index (χ0) is 12.3. The molecule has 2 N–H and O–H groups in total. The lowest BCUT2D eigenvalue weighted by atomic mass is 9.99. The minimum Gasteiger partial charge on any atom is -0.381 e. The fourth-order valence-corrected chi connectivity index (χ4v) is 2.43. The molecule has 17 heavy (non-hydrogen) atoms. The maximum absolute atomic E-state index is 5.86. The standard InChI is InChI=1S/C13H21N3O/c1-10-3-5-15-13(7-10)16-6-4-12(17-2)8-11(16)9-14/h3,5,7,11-12H,4,6,8-9,14H2,1-2H3. The van der Waals surface area contributed by atoms with E-state index >= 15 is 0 Å². The lowest BCUT2D eigenvalue weighted by molar-refractivity contribution is 0.0708. The largest absolute Gasteiger partial charge is 0.381 e. The molecule has 1 aliphatic heterocycles. The summed E-state index contributed by atoms with van der Waals surface area (Å²) in [6.45, 7) is 3.71. The van der Waals surface area contributed by atoms with Gasteiger partial charge in [-0.05, 0) is 37.5 Å². The average Bonchev–Trinajstić information content (AvgIpc) is 2.38. The van der Waals surface area contributed by atoms with E-state index in [0.29, 0.717) is 18.7 Å². The van der Waals surface area contributed by atoms with Crippen LogP contribution in [-0.4, -0.2) is 37.3 Å². The first-order valence-electron chi connectivity index (χ1n) is 6.16. The molecular weight excluding hydrogens is 214 g/mol. The van der Waals surface area contributed by atoms with Gasteiger partial charge in [0.2, 0.25) is 0 Å². The number of rotatable bonds is 3. The van der Waals surface area contributed by atoms with Gasteiger partial charge in [-0.25, -0.2) is 4.98 Å². The highest BCUT2D eigenvalue weighted by molar-refractivity contribution is 5.42. The molecule has 2 unspecified atom stereocenters. The second kappa shape index (κ2) is 5.47. The lowest BCUT2D eigenvalue weighted by Gasteiger charge is -2.39. The summed E-state index contributed by atoms with van der Waals surface area (Å²) in [6.07, 6.45) is 4.23. The molecule has 0 amide bonds. The zero-order valence-electron chi connectivity index (χ0n) is 10.6. The highest BCUT2D eigenvalue weighted by Gasteiger charge is 2.28. The van der Waals surface area contributed by atoms with Gasteiger partial charge in [0, 0.05) is 32.4 Å². The van der Waals surface area contributed by atoms with E-state index < -0.39 is 0 Å². The van der Waals surface area contributed by atoms with Crippen molar-refractivity contribution in [3.63, 3.8) is 0 Å². The van der Waals surface area contributed by atoms with E-state index in [9.17, 15) is 0 Å². The number of aryl methyl sites for hydroxylation is 1. The first-order chi connectivity index (χ1) is 8.24. The van der Waals surface area contributed by atoms with Crippen LogP contribution in [-0.2, 0) is 4.74 Å². The Balaban J connectivity index is 2.15. The van der Waals surface area contributed by atoms with Gasteiger partial charge in [0.05, 0.1) is 6.10 Å². The number of pyridine rings is 1. The average molecular weight is 235 g/mol. The molecule has 1 aliphatic rings. The molecule has 1 saturated heterocycles. The van der Waals surface area contributed by atoms with Gasteiger partial charge in [-0.2, -0.15) is 0 Å². The third-order valence-electron chi connectivity index (χ3n) is 3.47. The topological polar surface area (TPSA) is 51.4 Å². The molecule has 2 atom stereocenters. The van der Waals surface area contributed by atoms with Crippen LogP contribution in [0.15, 0.2) is 18.3 Å². The molecule has 0 aromatic carbocycles. The predicted molar refractivity (Wildman–Crippen MR) is 69.2 cm³/mol. The van der Waals surface area contributed by atoms with Crippen molar-refractivity contribution in [1.82, 2.24) is 4.98 Å². The number of anilines is 1. The molecule has 4 heteroatoms. The van der Waals surface area contributed by atoms with Crippen LogP contribution in [0.4, 0.5) is 5.82 Å². The molecule has 1 aromatic heterocycles. The van der Waals surface area contributed by atoms with Crippen LogP contribution < -0.4 is 10.6 Å². The summed E-state index contributed by atoms with van der Waals surface area (Å²) in [7, 11) is 1.78. The van der Waals surface area contributed by atoms with Crippen molar-refractivity contribution >= 4 is 5.82 Å². The molecular formula is C13H21N3O. The zero-order valence-corrected chi connectivity index (χ0v) is 10.6. The van der Waals surface area contributed by atoms with Gasteiger partial charge in [-0.15, -0.1) is 0 Å². The van der Waals surface area contributed by atoms with Crippen LogP contribution in [0.2, 0.25) is 0 Å². The minimum absolute atomic E-state index is 0.336. The Morgan fingerprint density at radius 3 is 3.06 bits per heavy atom. The Kier molecular flexibility index (Phi) is 3.97. The van der Waals surface area contributed by atoms with Crippen molar-refractivity contribution in [3.8, 4) is 0 Å². The molecule has 2 heterocycles. The summed E-state index contributed by atoms with van der Waals surface area (Å²) in [4.78, 5) is 6.75. The van der Waals surface area contributed by atoms with Crippen molar-refractivity contribution in [1.29, 1.82) is 0 Å². The van der Waals surface area contributed by atoms with Crippen molar-refractivity contribution < 1.29 is 4.74 Å². The van der Waals surface area contributed by atoms with E-state index in [2.05, 4.69) is 22.9 Å². The molecule has 0 saturated carbocycles. The summed E-state index contributed by atoms with van der Waals surface area (Å²) in [5, 5.41) is 0. The quantitative estimate of drug-likeness (QED) is 0.859. The second-order valence-electron chi connectivity index (χ2n) is 4.66. The Labute approximate surface area is 103 Å².